The molecule has 1 aliphatic heterocycles. The molecule has 0 bridgehead atoms. The van der Waals surface area contributed by atoms with Gasteiger partial charge in [0.05, 0.1) is 6.61 Å². The Kier molecular flexibility index (Phi) is 4.82. The van der Waals surface area contributed by atoms with Crippen molar-refractivity contribution in [2.75, 3.05) is 32.8 Å². The van der Waals surface area contributed by atoms with Crippen LogP contribution in [0.4, 0.5) is 13.2 Å². The van der Waals surface area contributed by atoms with E-state index in [9.17, 15) is 13.2 Å². The van der Waals surface area contributed by atoms with E-state index in [1.54, 1.807) is 0 Å². The Morgan fingerprint density at radius 1 is 1.33 bits per heavy atom. The molecule has 0 saturated carbocycles. The summed E-state index contributed by atoms with van der Waals surface area (Å²) in [7, 11) is 0. The van der Waals surface area contributed by atoms with E-state index in [1.165, 1.54) is 0 Å². The zero-order valence-electron chi connectivity index (χ0n) is 8.81. The van der Waals surface area contributed by atoms with Gasteiger partial charge in [0.25, 0.3) is 0 Å². The molecule has 15 heavy (non-hydrogen) atoms. The molecule has 0 aromatic rings. The summed E-state index contributed by atoms with van der Waals surface area (Å²) in [5.41, 5.74) is 0. The van der Waals surface area contributed by atoms with Crippen LogP contribution < -0.4 is 5.32 Å². The van der Waals surface area contributed by atoms with Crippen LogP contribution >= 0.6 is 0 Å². The summed E-state index contributed by atoms with van der Waals surface area (Å²) in [6.45, 7) is 4.65. The van der Waals surface area contributed by atoms with E-state index in [0.717, 1.165) is 26.1 Å². The van der Waals surface area contributed by atoms with Crippen molar-refractivity contribution in [2.24, 2.45) is 0 Å². The van der Waals surface area contributed by atoms with Crippen molar-refractivity contribution in [3.63, 3.8) is 0 Å². The first kappa shape index (κ1) is 12.7. The number of alkyl halides is 3. The maximum Gasteiger partial charge on any atom is 0.522 e. The number of nitrogens with one attached hydrogen (secondary N) is 1. The van der Waals surface area contributed by atoms with Crippen LogP contribution in [-0.4, -0.2) is 50.1 Å². The fourth-order valence-electron chi connectivity index (χ4n) is 1.57. The predicted molar refractivity (Wildman–Crippen MR) is 50.5 cm³/mol. The summed E-state index contributed by atoms with van der Waals surface area (Å²) >= 11 is 0. The molecular weight excluding hydrogens is 209 g/mol. The molecule has 0 amide bonds. The lowest BCUT2D eigenvalue weighted by atomic mass is 10.1. The summed E-state index contributed by atoms with van der Waals surface area (Å²) in [6, 6.07) is 0.377. The maximum absolute atomic E-state index is 11.7. The van der Waals surface area contributed by atoms with Gasteiger partial charge >= 0.3 is 6.36 Å². The first-order valence-electron chi connectivity index (χ1n) is 5.18. The number of hydrogen-bond acceptors (Lipinski definition) is 3. The summed E-state index contributed by atoms with van der Waals surface area (Å²) in [6.07, 6.45) is -3.56. The minimum atomic E-state index is -4.50. The number of nitrogens with zero attached hydrogens (tertiary/aromatic N) is 1. The van der Waals surface area contributed by atoms with Crippen molar-refractivity contribution < 1.29 is 17.9 Å². The zero-order valence-corrected chi connectivity index (χ0v) is 8.81. The van der Waals surface area contributed by atoms with Gasteiger partial charge in [0.2, 0.25) is 0 Å². The molecule has 1 heterocycles. The van der Waals surface area contributed by atoms with Crippen LogP contribution in [0.25, 0.3) is 0 Å². The standard InChI is InChI=1S/C9H17F3N2O/c1-2-3-14(8-6-13-7-8)4-5-15-9(10,11)12/h8,13H,2-7H2,1H3. The van der Waals surface area contributed by atoms with Crippen molar-refractivity contribution in [3.05, 3.63) is 0 Å². The van der Waals surface area contributed by atoms with Crippen molar-refractivity contribution in [2.45, 2.75) is 25.7 Å². The SMILES string of the molecule is CCCN(CCOC(F)(F)F)C1CNC1. The van der Waals surface area contributed by atoms with Crippen LogP contribution in [0.15, 0.2) is 0 Å². The van der Waals surface area contributed by atoms with E-state index < -0.39 is 6.36 Å². The van der Waals surface area contributed by atoms with Crippen molar-refractivity contribution in [1.82, 2.24) is 10.2 Å². The highest BCUT2D eigenvalue weighted by Crippen LogP contribution is 2.16. The van der Waals surface area contributed by atoms with Gasteiger partial charge in [-0.2, -0.15) is 0 Å². The van der Waals surface area contributed by atoms with E-state index in [2.05, 4.69) is 10.1 Å². The van der Waals surface area contributed by atoms with Crippen LogP contribution in [0.1, 0.15) is 13.3 Å². The van der Waals surface area contributed by atoms with E-state index in [1.807, 2.05) is 11.8 Å². The van der Waals surface area contributed by atoms with Gasteiger partial charge < -0.3 is 5.32 Å². The van der Waals surface area contributed by atoms with Gasteiger partial charge in [0.15, 0.2) is 0 Å². The molecule has 3 nitrogen and oxygen atoms in total. The third-order valence-corrected chi connectivity index (χ3v) is 2.43. The lowest BCUT2D eigenvalue weighted by Gasteiger charge is -2.38. The highest BCUT2D eigenvalue weighted by Gasteiger charge is 2.30. The van der Waals surface area contributed by atoms with Crippen LogP contribution in [0, 0.1) is 0 Å². The normalized spacial score (nSPS) is 18.2. The molecule has 0 aliphatic carbocycles. The van der Waals surface area contributed by atoms with Gasteiger partial charge in [-0.1, -0.05) is 6.92 Å². The molecule has 0 radical (unpaired) electrons. The molecule has 1 saturated heterocycles. The Hall–Kier alpha value is -0.330. The Labute approximate surface area is 87.6 Å². The first-order valence-corrected chi connectivity index (χ1v) is 5.18. The Bertz CT molecular complexity index is 183. The minimum absolute atomic E-state index is 0.278. The molecule has 0 aromatic carbocycles. The molecule has 0 unspecified atom stereocenters. The summed E-state index contributed by atoms with van der Waals surface area (Å²) in [4.78, 5) is 2.04. The molecule has 90 valence electrons. The lowest BCUT2D eigenvalue weighted by molar-refractivity contribution is -0.325. The molecule has 1 aliphatic rings. The Morgan fingerprint density at radius 3 is 2.40 bits per heavy atom. The van der Waals surface area contributed by atoms with Crippen molar-refractivity contribution >= 4 is 0 Å². The third kappa shape index (κ3) is 4.81. The van der Waals surface area contributed by atoms with Gasteiger partial charge in [-0.15, -0.1) is 13.2 Å². The monoisotopic (exact) mass is 226 g/mol. The van der Waals surface area contributed by atoms with Gasteiger partial charge in [0.1, 0.15) is 0 Å². The molecule has 1 N–H and O–H groups in total. The maximum atomic E-state index is 11.7. The summed E-state index contributed by atoms with van der Waals surface area (Å²) in [5, 5.41) is 3.10. The molecule has 0 spiro atoms. The van der Waals surface area contributed by atoms with Crippen LogP contribution in [0.2, 0.25) is 0 Å². The van der Waals surface area contributed by atoms with E-state index >= 15 is 0 Å². The molecule has 1 fully saturated rings. The smallest absolute Gasteiger partial charge is 0.314 e. The average molecular weight is 226 g/mol. The van der Waals surface area contributed by atoms with E-state index in [0.29, 0.717) is 12.6 Å². The van der Waals surface area contributed by atoms with Gasteiger partial charge in [-0.3, -0.25) is 9.64 Å². The van der Waals surface area contributed by atoms with Gasteiger partial charge in [0, 0.05) is 25.7 Å². The Balaban J connectivity index is 2.19. The average Bonchev–Trinajstić information content (AvgIpc) is 1.98. The second-order valence-corrected chi connectivity index (χ2v) is 3.64. The fourth-order valence-corrected chi connectivity index (χ4v) is 1.57. The van der Waals surface area contributed by atoms with Crippen LogP contribution in [0.5, 0.6) is 0 Å². The fraction of sp³-hybridized carbons (Fsp3) is 1.00. The largest absolute Gasteiger partial charge is 0.522 e. The second-order valence-electron chi connectivity index (χ2n) is 3.64. The number of hydrogen-bond donors (Lipinski definition) is 1. The highest BCUT2D eigenvalue weighted by molar-refractivity contribution is 4.84. The van der Waals surface area contributed by atoms with Gasteiger partial charge in [-0.05, 0) is 13.0 Å². The number of halogens is 3. The Morgan fingerprint density at radius 2 is 2.00 bits per heavy atom. The van der Waals surface area contributed by atoms with Gasteiger partial charge in [-0.25, -0.2) is 0 Å². The number of rotatable bonds is 6. The highest BCUT2D eigenvalue weighted by atomic mass is 19.4. The van der Waals surface area contributed by atoms with E-state index in [4.69, 9.17) is 0 Å². The molecule has 0 aromatic heterocycles. The lowest BCUT2D eigenvalue weighted by Crippen LogP contribution is -2.58. The van der Waals surface area contributed by atoms with Crippen LogP contribution in [0.3, 0.4) is 0 Å². The quantitative estimate of drug-likeness (QED) is 0.736. The van der Waals surface area contributed by atoms with Crippen LogP contribution in [-0.2, 0) is 4.74 Å². The number of ether oxygens (including phenoxy) is 1. The molecular formula is C9H17F3N2O. The predicted octanol–water partition coefficient (Wildman–Crippen LogP) is 1.21. The summed E-state index contributed by atoms with van der Waals surface area (Å²) in [5.74, 6) is 0. The van der Waals surface area contributed by atoms with E-state index in [-0.39, 0.29) is 6.61 Å². The van der Waals surface area contributed by atoms with Crippen molar-refractivity contribution in [1.29, 1.82) is 0 Å². The molecule has 0 atom stereocenters. The first-order chi connectivity index (χ1) is 7.03. The zero-order chi connectivity index (χ0) is 11.3. The van der Waals surface area contributed by atoms with Crippen molar-refractivity contribution in [3.8, 4) is 0 Å². The third-order valence-electron chi connectivity index (χ3n) is 2.43. The molecule has 6 heteroatoms. The minimum Gasteiger partial charge on any atom is -0.314 e. The second kappa shape index (κ2) is 5.67. The summed E-state index contributed by atoms with van der Waals surface area (Å²) < 4.78 is 39.0. The topological polar surface area (TPSA) is 24.5 Å². The molecule has 1 rings (SSSR count).